The van der Waals surface area contributed by atoms with E-state index < -0.39 is 0 Å². The third-order valence-corrected chi connectivity index (χ3v) is 2.62. The molecule has 0 heterocycles. The number of carbonyl (C=O) groups excluding carboxylic acids is 1. The Morgan fingerprint density at radius 2 is 2.23 bits per heavy atom. The van der Waals surface area contributed by atoms with E-state index in [0.29, 0.717) is 0 Å². The lowest BCUT2D eigenvalue weighted by atomic mass is 10.1. The fourth-order valence-corrected chi connectivity index (χ4v) is 1.36. The van der Waals surface area contributed by atoms with Gasteiger partial charge in [0.2, 0.25) is 0 Å². The molecule has 0 fully saturated rings. The van der Waals surface area contributed by atoms with Gasteiger partial charge in [-0.15, -0.1) is 0 Å². The maximum atomic E-state index is 11.3. The molecule has 0 aliphatic rings. The molecular formula is C8H17NO3S. The highest BCUT2D eigenvalue weighted by Gasteiger charge is 2.16. The highest BCUT2D eigenvalue weighted by Crippen LogP contribution is 2.13. The van der Waals surface area contributed by atoms with Crippen molar-refractivity contribution < 1.29 is 14.6 Å². The molecule has 4 nitrogen and oxygen atoms in total. The zero-order valence-corrected chi connectivity index (χ0v) is 8.84. The smallest absolute Gasteiger partial charge is 0.195 e. The summed E-state index contributed by atoms with van der Waals surface area (Å²) in [5.41, 5.74) is 5.55. The van der Waals surface area contributed by atoms with E-state index in [2.05, 4.69) is 0 Å². The van der Waals surface area contributed by atoms with E-state index in [-0.39, 0.29) is 36.2 Å². The topological polar surface area (TPSA) is 72.6 Å². The SMILES string of the molecule is CC(N)C(C)C(=O)SCOCCO. The number of hydrogen-bond acceptors (Lipinski definition) is 5. The molecule has 0 aliphatic heterocycles. The molecule has 0 aromatic rings. The van der Waals surface area contributed by atoms with Gasteiger partial charge in [-0.25, -0.2) is 0 Å². The van der Waals surface area contributed by atoms with Gasteiger partial charge in [0.15, 0.2) is 5.12 Å². The maximum absolute atomic E-state index is 11.3. The van der Waals surface area contributed by atoms with Crippen LogP contribution < -0.4 is 5.73 Å². The van der Waals surface area contributed by atoms with Crippen molar-refractivity contribution in [2.75, 3.05) is 19.2 Å². The monoisotopic (exact) mass is 207 g/mol. The largest absolute Gasteiger partial charge is 0.394 e. The number of ether oxygens (including phenoxy) is 1. The molecule has 78 valence electrons. The lowest BCUT2D eigenvalue weighted by molar-refractivity contribution is -0.114. The Morgan fingerprint density at radius 3 is 2.69 bits per heavy atom. The Hall–Kier alpha value is -0.100. The Bertz CT molecular complexity index is 152. The van der Waals surface area contributed by atoms with Gasteiger partial charge in [0.25, 0.3) is 0 Å². The van der Waals surface area contributed by atoms with Crippen molar-refractivity contribution in [3.63, 3.8) is 0 Å². The van der Waals surface area contributed by atoms with E-state index in [0.717, 1.165) is 11.8 Å². The molecule has 0 radical (unpaired) electrons. The summed E-state index contributed by atoms with van der Waals surface area (Å²) in [6, 6.07) is -0.127. The van der Waals surface area contributed by atoms with E-state index in [1.807, 2.05) is 0 Å². The summed E-state index contributed by atoms with van der Waals surface area (Å²) in [5, 5.41) is 8.42. The summed E-state index contributed by atoms with van der Waals surface area (Å²) in [6.45, 7) is 3.86. The number of hydrogen-bond donors (Lipinski definition) is 2. The average Bonchev–Trinajstić information content (AvgIpc) is 2.10. The van der Waals surface area contributed by atoms with E-state index in [9.17, 15) is 4.79 Å². The molecule has 5 heteroatoms. The van der Waals surface area contributed by atoms with Gasteiger partial charge in [0.05, 0.1) is 19.2 Å². The van der Waals surface area contributed by atoms with Crippen LogP contribution in [0.3, 0.4) is 0 Å². The second kappa shape index (κ2) is 7.32. The minimum atomic E-state index is -0.150. The standard InChI is InChI=1S/C8H17NO3S/c1-6(7(2)9)8(11)13-5-12-4-3-10/h6-7,10H,3-5,9H2,1-2H3. The lowest BCUT2D eigenvalue weighted by Crippen LogP contribution is -2.29. The molecule has 3 N–H and O–H groups in total. The first-order chi connectivity index (χ1) is 6.09. The van der Waals surface area contributed by atoms with Gasteiger partial charge in [0.1, 0.15) is 0 Å². The number of thioether (sulfide) groups is 1. The van der Waals surface area contributed by atoms with E-state index in [1.165, 1.54) is 0 Å². The Morgan fingerprint density at radius 1 is 1.62 bits per heavy atom. The van der Waals surface area contributed by atoms with Crippen molar-refractivity contribution >= 4 is 16.9 Å². The zero-order valence-electron chi connectivity index (χ0n) is 8.03. The van der Waals surface area contributed by atoms with Crippen LogP contribution in [0.2, 0.25) is 0 Å². The molecule has 0 aromatic carbocycles. The van der Waals surface area contributed by atoms with Crippen LogP contribution in [0.25, 0.3) is 0 Å². The highest BCUT2D eigenvalue weighted by molar-refractivity contribution is 8.13. The first kappa shape index (κ1) is 12.9. The number of aliphatic hydroxyl groups is 1. The molecule has 0 aliphatic carbocycles. The van der Waals surface area contributed by atoms with Gasteiger partial charge in [-0.1, -0.05) is 18.7 Å². The predicted octanol–water partition coefficient (Wildman–Crippen LogP) is 0.196. The van der Waals surface area contributed by atoms with Crippen LogP contribution in [0, 0.1) is 5.92 Å². The maximum Gasteiger partial charge on any atom is 0.195 e. The Labute approximate surface area is 82.8 Å². The Kier molecular flexibility index (Phi) is 7.26. The summed E-state index contributed by atoms with van der Waals surface area (Å²) in [5.74, 6) is 0.138. The molecule has 2 atom stereocenters. The van der Waals surface area contributed by atoms with E-state index >= 15 is 0 Å². The minimum Gasteiger partial charge on any atom is -0.394 e. The van der Waals surface area contributed by atoms with Gasteiger partial charge in [-0.3, -0.25) is 4.79 Å². The summed E-state index contributed by atoms with van der Waals surface area (Å²) in [6.07, 6.45) is 0. The first-order valence-electron chi connectivity index (χ1n) is 4.20. The fraction of sp³-hybridized carbons (Fsp3) is 0.875. The number of rotatable bonds is 6. The molecule has 0 amide bonds. The normalized spacial score (nSPS) is 15.4. The first-order valence-corrected chi connectivity index (χ1v) is 5.19. The molecule has 0 saturated carbocycles. The van der Waals surface area contributed by atoms with Gasteiger partial charge in [-0.05, 0) is 6.92 Å². The van der Waals surface area contributed by atoms with Gasteiger partial charge >= 0.3 is 0 Å². The minimum absolute atomic E-state index is 0.0163. The van der Waals surface area contributed by atoms with Crippen LogP contribution in [0.1, 0.15) is 13.8 Å². The molecule has 0 rings (SSSR count). The molecule has 2 unspecified atom stereocenters. The fourth-order valence-electron chi connectivity index (χ4n) is 0.569. The Balaban J connectivity index is 3.50. The second-order valence-corrected chi connectivity index (χ2v) is 3.79. The molecule has 0 aromatic heterocycles. The van der Waals surface area contributed by atoms with Crippen LogP contribution in [-0.4, -0.2) is 35.4 Å². The molecular weight excluding hydrogens is 190 g/mol. The van der Waals surface area contributed by atoms with Crippen molar-refractivity contribution in [3.8, 4) is 0 Å². The van der Waals surface area contributed by atoms with Gasteiger partial charge in [-0.2, -0.15) is 0 Å². The zero-order chi connectivity index (χ0) is 10.3. The highest BCUT2D eigenvalue weighted by atomic mass is 32.2. The summed E-state index contributed by atoms with van der Waals surface area (Å²) < 4.78 is 4.93. The van der Waals surface area contributed by atoms with Crippen molar-refractivity contribution in [3.05, 3.63) is 0 Å². The number of nitrogens with two attached hydrogens (primary N) is 1. The van der Waals surface area contributed by atoms with Gasteiger partial charge < -0.3 is 15.6 Å². The molecule has 0 spiro atoms. The average molecular weight is 207 g/mol. The van der Waals surface area contributed by atoms with E-state index in [1.54, 1.807) is 13.8 Å². The van der Waals surface area contributed by atoms with Crippen LogP contribution in [-0.2, 0) is 9.53 Å². The van der Waals surface area contributed by atoms with Crippen molar-refractivity contribution in [1.29, 1.82) is 0 Å². The summed E-state index contributed by atoms with van der Waals surface area (Å²) >= 11 is 1.10. The van der Waals surface area contributed by atoms with E-state index in [4.69, 9.17) is 15.6 Å². The van der Waals surface area contributed by atoms with Crippen LogP contribution in [0.15, 0.2) is 0 Å². The van der Waals surface area contributed by atoms with Crippen LogP contribution >= 0.6 is 11.8 Å². The molecule has 0 bridgehead atoms. The third-order valence-electron chi connectivity index (χ3n) is 1.68. The molecule has 0 saturated heterocycles. The van der Waals surface area contributed by atoms with Crippen molar-refractivity contribution in [2.45, 2.75) is 19.9 Å². The second-order valence-electron chi connectivity index (χ2n) is 2.86. The molecule has 13 heavy (non-hydrogen) atoms. The predicted molar refractivity (Wildman–Crippen MR) is 53.3 cm³/mol. The summed E-state index contributed by atoms with van der Waals surface area (Å²) in [7, 11) is 0. The van der Waals surface area contributed by atoms with Crippen LogP contribution in [0.4, 0.5) is 0 Å². The third kappa shape index (κ3) is 6.04. The van der Waals surface area contributed by atoms with Crippen molar-refractivity contribution in [1.82, 2.24) is 0 Å². The van der Waals surface area contributed by atoms with Crippen molar-refractivity contribution in [2.24, 2.45) is 11.7 Å². The number of carbonyl (C=O) groups is 1. The summed E-state index contributed by atoms with van der Waals surface area (Å²) in [4.78, 5) is 11.3. The lowest BCUT2D eigenvalue weighted by Gasteiger charge is -2.12. The van der Waals surface area contributed by atoms with Crippen LogP contribution in [0.5, 0.6) is 0 Å². The van der Waals surface area contributed by atoms with Gasteiger partial charge in [0, 0.05) is 12.0 Å². The number of aliphatic hydroxyl groups excluding tert-OH is 1. The quantitative estimate of drug-likeness (QED) is 0.481.